The molecular weight excluding hydrogens is 217 g/mol. The first-order valence-electron chi connectivity index (χ1n) is 6.32. The third-order valence-electron chi connectivity index (χ3n) is 3.43. The maximum absolute atomic E-state index is 12.0. The molecule has 1 aromatic heterocycles. The minimum Gasteiger partial charge on any atom is -0.300 e. The third-order valence-corrected chi connectivity index (χ3v) is 4.45. The minimum atomic E-state index is 0.245. The zero-order chi connectivity index (χ0) is 11.7. The van der Waals surface area contributed by atoms with E-state index in [-0.39, 0.29) is 4.87 Å². The van der Waals surface area contributed by atoms with E-state index in [0.717, 1.165) is 18.7 Å². The molecule has 0 bridgehead atoms. The van der Waals surface area contributed by atoms with Gasteiger partial charge in [-0.3, -0.25) is 4.79 Å². The average Bonchev–Trinajstić information content (AvgIpc) is 2.46. The van der Waals surface area contributed by atoms with Crippen molar-refractivity contribution < 1.29 is 0 Å². The highest BCUT2D eigenvalue weighted by Gasteiger charge is 2.20. The van der Waals surface area contributed by atoms with Crippen LogP contribution < -0.4 is 4.87 Å². The molecule has 0 amide bonds. The lowest BCUT2D eigenvalue weighted by Crippen LogP contribution is -2.19. The first-order chi connectivity index (χ1) is 7.59. The Hall–Kier alpha value is -0.505. The molecule has 0 aromatic carbocycles. The molecule has 1 aliphatic carbocycles. The summed E-state index contributed by atoms with van der Waals surface area (Å²) in [5.74, 6) is 0.734. The molecule has 4 heteroatoms. The number of nitrogens with zero attached hydrogens (tertiary/aromatic N) is 1. The zero-order valence-electron chi connectivity index (χ0n) is 10.5. The number of thiazole rings is 1. The predicted octanol–water partition coefficient (Wildman–Crippen LogP) is 2.18. The molecule has 2 rings (SSSR count). The van der Waals surface area contributed by atoms with Crippen molar-refractivity contribution in [1.82, 2.24) is 4.57 Å². The Labute approximate surface area is 102 Å². The Bertz CT molecular complexity index is 421. The highest BCUT2D eigenvalue weighted by atomic mass is 32.1. The molecule has 0 radical (unpaired) electrons. The lowest BCUT2D eigenvalue weighted by atomic mass is 9.78. The lowest BCUT2D eigenvalue weighted by molar-refractivity contribution is 0.532. The van der Waals surface area contributed by atoms with E-state index in [1.807, 2.05) is 4.57 Å². The van der Waals surface area contributed by atoms with Gasteiger partial charge in [-0.15, -0.1) is 0 Å². The number of hydrogen-bond donors (Lipinski definition) is 0. The number of fused-ring (bicyclic) bond motifs is 1. The van der Waals surface area contributed by atoms with Crippen molar-refractivity contribution in [1.29, 1.82) is 0 Å². The summed E-state index contributed by atoms with van der Waals surface area (Å²) in [6.45, 7) is 4.22. The molecule has 0 fully saturated rings. The molecule has 88 valence electrons. The molecule has 0 N–H and O–H groups in total. The van der Waals surface area contributed by atoms with Gasteiger partial charge in [-0.05, 0) is 33.1 Å². The van der Waals surface area contributed by atoms with Crippen LogP contribution in [0.15, 0.2) is 4.79 Å². The predicted molar refractivity (Wildman–Crippen MR) is 72.5 cm³/mol. The molecular formula is C12H20BNOS. The highest BCUT2D eigenvalue weighted by molar-refractivity contribution is 7.09. The third kappa shape index (κ3) is 2.27. The SMILES string of the molecule is BC1CCCCc2c(sc(=O)n2C(C)C)C1. The normalized spacial score (nSPS) is 21.6. The Morgan fingerprint density at radius 2 is 2.19 bits per heavy atom. The van der Waals surface area contributed by atoms with E-state index in [1.165, 1.54) is 41.2 Å². The topological polar surface area (TPSA) is 22.0 Å². The maximum atomic E-state index is 12.0. The van der Waals surface area contributed by atoms with Crippen LogP contribution in [0.1, 0.15) is 49.7 Å². The van der Waals surface area contributed by atoms with Crippen molar-refractivity contribution in [3.05, 3.63) is 20.2 Å². The van der Waals surface area contributed by atoms with E-state index in [0.29, 0.717) is 6.04 Å². The first kappa shape index (κ1) is 12.0. The molecule has 0 saturated carbocycles. The van der Waals surface area contributed by atoms with E-state index in [9.17, 15) is 4.79 Å². The Kier molecular flexibility index (Phi) is 3.58. The van der Waals surface area contributed by atoms with Crippen LogP contribution in [0.25, 0.3) is 0 Å². The van der Waals surface area contributed by atoms with E-state index < -0.39 is 0 Å². The van der Waals surface area contributed by atoms with Crippen LogP contribution in [-0.4, -0.2) is 12.4 Å². The fourth-order valence-corrected chi connectivity index (χ4v) is 3.92. The molecule has 1 unspecified atom stereocenters. The molecule has 16 heavy (non-hydrogen) atoms. The van der Waals surface area contributed by atoms with Crippen molar-refractivity contribution in [2.75, 3.05) is 0 Å². The largest absolute Gasteiger partial charge is 0.307 e. The molecule has 2 nitrogen and oxygen atoms in total. The van der Waals surface area contributed by atoms with Crippen molar-refractivity contribution in [3.8, 4) is 0 Å². The molecule has 0 aliphatic heterocycles. The van der Waals surface area contributed by atoms with Crippen molar-refractivity contribution in [2.45, 2.75) is 57.8 Å². The smallest absolute Gasteiger partial charge is 0.300 e. The maximum Gasteiger partial charge on any atom is 0.307 e. The van der Waals surface area contributed by atoms with Gasteiger partial charge in [0.25, 0.3) is 0 Å². The van der Waals surface area contributed by atoms with Crippen LogP contribution in [0.4, 0.5) is 0 Å². The fraction of sp³-hybridized carbons (Fsp3) is 0.750. The minimum absolute atomic E-state index is 0.245. The van der Waals surface area contributed by atoms with Gasteiger partial charge in [0, 0.05) is 16.6 Å². The van der Waals surface area contributed by atoms with Gasteiger partial charge >= 0.3 is 4.87 Å². The van der Waals surface area contributed by atoms with E-state index in [4.69, 9.17) is 0 Å². The summed E-state index contributed by atoms with van der Waals surface area (Å²) in [5, 5.41) is 0. The van der Waals surface area contributed by atoms with Gasteiger partial charge in [0.05, 0.1) is 0 Å². The van der Waals surface area contributed by atoms with Crippen LogP contribution in [0.3, 0.4) is 0 Å². The Morgan fingerprint density at radius 3 is 2.88 bits per heavy atom. The molecule has 1 atom stereocenters. The number of aromatic nitrogens is 1. The quantitative estimate of drug-likeness (QED) is 0.686. The standard InChI is InChI=1S/C12H20BNOS/c1-8(2)14-10-6-4-3-5-9(13)7-11(10)16-12(14)15/h8-9H,3-7,13H2,1-2H3. The first-order valence-corrected chi connectivity index (χ1v) is 7.14. The monoisotopic (exact) mass is 237 g/mol. The summed E-state index contributed by atoms with van der Waals surface area (Å²) < 4.78 is 2.01. The van der Waals surface area contributed by atoms with E-state index in [1.54, 1.807) is 0 Å². The molecule has 1 aliphatic rings. The van der Waals surface area contributed by atoms with Gasteiger partial charge in [-0.1, -0.05) is 30.0 Å². The Morgan fingerprint density at radius 1 is 1.44 bits per heavy atom. The second-order valence-corrected chi connectivity index (χ2v) is 6.30. The van der Waals surface area contributed by atoms with Gasteiger partial charge < -0.3 is 4.57 Å². The van der Waals surface area contributed by atoms with Gasteiger partial charge in [-0.25, -0.2) is 0 Å². The van der Waals surface area contributed by atoms with E-state index >= 15 is 0 Å². The second kappa shape index (κ2) is 4.78. The van der Waals surface area contributed by atoms with Crippen LogP contribution in [0, 0.1) is 0 Å². The van der Waals surface area contributed by atoms with Gasteiger partial charge in [0.15, 0.2) is 0 Å². The van der Waals surface area contributed by atoms with Crippen LogP contribution in [-0.2, 0) is 12.8 Å². The fourth-order valence-electron chi connectivity index (χ4n) is 2.60. The summed E-state index contributed by atoms with van der Waals surface area (Å²) in [6.07, 6.45) is 6.06. The van der Waals surface area contributed by atoms with Gasteiger partial charge in [-0.2, -0.15) is 0 Å². The van der Waals surface area contributed by atoms with Crippen LogP contribution >= 0.6 is 11.3 Å². The van der Waals surface area contributed by atoms with Crippen LogP contribution in [0.5, 0.6) is 0 Å². The summed E-state index contributed by atoms with van der Waals surface area (Å²) in [5.41, 5.74) is 1.33. The number of hydrogen-bond acceptors (Lipinski definition) is 2. The summed E-state index contributed by atoms with van der Waals surface area (Å²) in [6, 6.07) is 0.308. The molecule has 1 aromatic rings. The molecule has 1 heterocycles. The lowest BCUT2D eigenvalue weighted by Gasteiger charge is -2.18. The zero-order valence-corrected chi connectivity index (χ0v) is 11.3. The average molecular weight is 237 g/mol. The van der Waals surface area contributed by atoms with Crippen molar-refractivity contribution >= 4 is 19.2 Å². The number of rotatable bonds is 1. The second-order valence-electron chi connectivity index (χ2n) is 5.26. The molecule has 0 saturated heterocycles. The summed E-state index contributed by atoms with van der Waals surface area (Å²) in [7, 11) is 2.30. The van der Waals surface area contributed by atoms with Crippen LogP contribution in [0.2, 0.25) is 5.82 Å². The Balaban J connectivity index is 2.43. The van der Waals surface area contributed by atoms with Gasteiger partial charge in [0.2, 0.25) is 0 Å². The summed E-state index contributed by atoms with van der Waals surface area (Å²) in [4.78, 5) is 13.6. The molecule has 0 spiro atoms. The van der Waals surface area contributed by atoms with E-state index in [2.05, 4.69) is 21.7 Å². The summed E-state index contributed by atoms with van der Waals surface area (Å²) >= 11 is 1.48. The van der Waals surface area contributed by atoms with Crippen molar-refractivity contribution in [3.63, 3.8) is 0 Å². The highest BCUT2D eigenvalue weighted by Crippen LogP contribution is 2.28. The van der Waals surface area contributed by atoms with Crippen molar-refractivity contribution in [2.24, 2.45) is 0 Å². The van der Waals surface area contributed by atoms with Gasteiger partial charge in [0.1, 0.15) is 7.85 Å².